The largest absolute Gasteiger partial charge is 0.366 e. The average molecular weight is 545 g/mol. The first-order valence-corrected chi connectivity index (χ1v) is 13.8. The summed E-state index contributed by atoms with van der Waals surface area (Å²) >= 11 is 0. The van der Waals surface area contributed by atoms with E-state index in [1.807, 2.05) is 21.9 Å². The molecule has 0 saturated carbocycles. The molecule has 0 spiro atoms. The first kappa shape index (κ1) is 26.1. The van der Waals surface area contributed by atoms with Gasteiger partial charge in [-0.2, -0.15) is 5.26 Å². The molecule has 3 aromatic carbocycles. The lowest BCUT2D eigenvalue weighted by Gasteiger charge is -2.37. The van der Waals surface area contributed by atoms with Gasteiger partial charge in [0.2, 0.25) is 15.7 Å². The maximum absolute atomic E-state index is 14.4. The number of hydrogen-bond acceptors (Lipinski definition) is 8. The fourth-order valence-electron chi connectivity index (χ4n) is 4.63. The summed E-state index contributed by atoms with van der Waals surface area (Å²) in [6, 6.07) is 21.2. The molecule has 0 unspecified atom stereocenters. The van der Waals surface area contributed by atoms with Crippen LogP contribution in [0.15, 0.2) is 77.7 Å². The maximum Gasteiger partial charge on any atom is 0.221 e. The van der Waals surface area contributed by atoms with Gasteiger partial charge < -0.3 is 15.1 Å². The molecule has 1 aliphatic rings. The zero-order chi connectivity index (χ0) is 27.6. The van der Waals surface area contributed by atoms with Crippen LogP contribution in [0.2, 0.25) is 0 Å². The number of carbonyl (C=O) groups is 1. The highest BCUT2D eigenvalue weighted by molar-refractivity contribution is 7.92. The summed E-state index contributed by atoms with van der Waals surface area (Å²) in [6.07, 6.45) is 0. The molecule has 39 heavy (non-hydrogen) atoms. The fourth-order valence-corrected chi connectivity index (χ4v) is 6.00. The van der Waals surface area contributed by atoms with E-state index in [9.17, 15) is 22.9 Å². The number of benzene rings is 3. The van der Waals surface area contributed by atoms with E-state index in [1.54, 1.807) is 36.4 Å². The maximum atomic E-state index is 14.4. The number of aromatic nitrogens is 2. The highest BCUT2D eigenvalue weighted by Gasteiger charge is 2.35. The van der Waals surface area contributed by atoms with Crippen LogP contribution in [0.3, 0.4) is 0 Å². The van der Waals surface area contributed by atoms with Crippen molar-refractivity contribution in [2.24, 2.45) is 0 Å². The van der Waals surface area contributed by atoms with E-state index in [1.165, 1.54) is 37.3 Å². The van der Waals surface area contributed by atoms with Gasteiger partial charge in [0.1, 0.15) is 11.5 Å². The molecular weight excluding hydrogens is 519 g/mol. The van der Waals surface area contributed by atoms with Crippen LogP contribution >= 0.6 is 0 Å². The first-order chi connectivity index (χ1) is 18.8. The van der Waals surface area contributed by atoms with Crippen LogP contribution < -0.4 is 15.1 Å². The Bertz CT molecular complexity index is 1680. The zero-order valence-electron chi connectivity index (χ0n) is 21.1. The minimum atomic E-state index is -4.20. The van der Waals surface area contributed by atoms with Crippen molar-refractivity contribution >= 4 is 44.0 Å². The van der Waals surface area contributed by atoms with E-state index >= 15 is 0 Å². The second-order valence-corrected chi connectivity index (χ2v) is 11.1. The van der Waals surface area contributed by atoms with Crippen molar-refractivity contribution < 1.29 is 17.6 Å². The molecule has 11 heteroatoms. The number of para-hydroxylation sites is 3. The van der Waals surface area contributed by atoms with Crippen LogP contribution in [-0.4, -0.2) is 50.5 Å². The standard InChI is InChI=1S/C28H25FN6O3S/c1-19(36)31-20-10-12-21(13-11-20)39(37,38)26(18-30)27-28(33-24-8-4-3-7-23(24)32-27)35-16-14-34(15-17-35)25-9-5-2-6-22(25)29/h2-13,26H,14-17H2,1H3,(H,31,36)/t26-/m1/s1. The zero-order valence-corrected chi connectivity index (χ0v) is 21.9. The molecule has 0 bridgehead atoms. The van der Waals surface area contributed by atoms with E-state index in [0.29, 0.717) is 54.4 Å². The second-order valence-electron chi connectivity index (χ2n) is 9.11. The Kier molecular flexibility index (Phi) is 7.13. The number of halogens is 1. The number of amides is 1. The van der Waals surface area contributed by atoms with Crippen LogP contribution in [0.4, 0.5) is 21.6 Å². The SMILES string of the molecule is CC(=O)Nc1ccc(S(=O)(=O)[C@H](C#N)c2nc3ccccc3nc2N2CCN(c3ccccc3F)CC2)cc1. The van der Waals surface area contributed by atoms with Crippen molar-refractivity contribution in [2.45, 2.75) is 17.1 Å². The lowest BCUT2D eigenvalue weighted by atomic mass is 10.2. The van der Waals surface area contributed by atoms with Gasteiger partial charge in [-0.3, -0.25) is 4.79 Å². The number of hydrogen-bond donors (Lipinski definition) is 1. The molecule has 2 heterocycles. The van der Waals surface area contributed by atoms with Crippen molar-refractivity contribution in [1.29, 1.82) is 5.26 Å². The van der Waals surface area contributed by atoms with Crippen LogP contribution in [0.5, 0.6) is 0 Å². The molecule has 1 saturated heterocycles. The minimum Gasteiger partial charge on any atom is -0.366 e. The van der Waals surface area contributed by atoms with Gasteiger partial charge in [-0.05, 0) is 48.5 Å². The number of nitriles is 1. The van der Waals surface area contributed by atoms with Crippen molar-refractivity contribution in [3.05, 3.63) is 84.3 Å². The molecule has 4 aromatic rings. The summed E-state index contributed by atoms with van der Waals surface area (Å²) in [5.74, 6) is -0.282. The third-order valence-electron chi connectivity index (χ3n) is 6.53. The Hall–Kier alpha value is -4.56. The Balaban J connectivity index is 1.51. The molecule has 1 aliphatic heterocycles. The molecule has 1 aromatic heterocycles. The Morgan fingerprint density at radius 3 is 2.13 bits per heavy atom. The van der Waals surface area contributed by atoms with E-state index in [4.69, 9.17) is 4.98 Å². The first-order valence-electron chi connectivity index (χ1n) is 12.3. The summed E-state index contributed by atoms with van der Waals surface area (Å²) in [4.78, 5) is 24.4. The number of nitrogens with zero attached hydrogens (tertiary/aromatic N) is 5. The molecule has 5 rings (SSSR count). The average Bonchev–Trinajstić information content (AvgIpc) is 2.93. The lowest BCUT2D eigenvalue weighted by molar-refractivity contribution is -0.114. The number of fused-ring (bicyclic) bond motifs is 1. The van der Waals surface area contributed by atoms with Crippen molar-refractivity contribution in [3.8, 4) is 6.07 Å². The number of nitrogens with one attached hydrogen (secondary N) is 1. The van der Waals surface area contributed by atoms with Crippen molar-refractivity contribution in [2.75, 3.05) is 41.3 Å². The van der Waals surface area contributed by atoms with Crippen molar-refractivity contribution in [1.82, 2.24) is 9.97 Å². The topological polar surface area (TPSA) is 119 Å². The van der Waals surface area contributed by atoms with E-state index < -0.39 is 15.1 Å². The van der Waals surface area contributed by atoms with E-state index in [2.05, 4.69) is 10.3 Å². The lowest BCUT2D eigenvalue weighted by Crippen LogP contribution is -2.47. The normalized spacial score (nSPS) is 14.6. The molecule has 0 radical (unpaired) electrons. The number of sulfone groups is 1. The number of anilines is 3. The van der Waals surface area contributed by atoms with Crippen molar-refractivity contribution in [3.63, 3.8) is 0 Å². The minimum absolute atomic E-state index is 0.0430. The summed E-state index contributed by atoms with van der Waals surface area (Å²) in [5.41, 5.74) is 2.02. The summed E-state index contributed by atoms with van der Waals surface area (Å²) < 4.78 is 41.8. The molecular formula is C28H25FN6O3S. The third kappa shape index (κ3) is 5.24. The number of carbonyl (C=O) groups excluding carboxylic acids is 1. The molecule has 1 fully saturated rings. The molecule has 9 nitrogen and oxygen atoms in total. The third-order valence-corrected chi connectivity index (χ3v) is 8.41. The van der Waals surface area contributed by atoms with Gasteiger partial charge in [0.05, 0.1) is 27.7 Å². The quantitative estimate of drug-likeness (QED) is 0.386. The van der Waals surface area contributed by atoms with Gasteiger partial charge in [-0.25, -0.2) is 22.8 Å². The van der Waals surface area contributed by atoms with Gasteiger partial charge in [-0.15, -0.1) is 0 Å². The Morgan fingerprint density at radius 1 is 0.923 bits per heavy atom. The predicted molar refractivity (Wildman–Crippen MR) is 147 cm³/mol. The second kappa shape index (κ2) is 10.7. The molecule has 198 valence electrons. The number of piperazine rings is 1. The summed E-state index contributed by atoms with van der Waals surface area (Å²) in [5, 5.41) is 11.1. The van der Waals surface area contributed by atoms with Gasteiger partial charge in [0.15, 0.2) is 11.1 Å². The molecule has 1 atom stereocenters. The molecule has 1 N–H and O–H groups in total. The van der Waals surface area contributed by atoms with E-state index in [-0.39, 0.29) is 22.3 Å². The smallest absolute Gasteiger partial charge is 0.221 e. The van der Waals surface area contributed by atoms with Gasteiger partial charge >= 0.3 is 0 Å². The van der Waals surface area contributed by atoms with Crippen LogP contribution in [0, 0.1) is 17.1 Å². The van der Waals surface area contributed by atoms with Crippen LogP contribution in [0.1, 0.15) is 17.9 Å². The van der Waals surface area contributed by atoms with Crippen LogP contribution in [-0.2, 0) is 14.6 Å². The predicted octanol–water partition coefficient (Wildman–Crippen LogP) is 4.09. The summed E-state index contributed by atoms with van der Waals surface area (Å²) in [7, 11) is -4.20. The molecule has 0 aliphatic carbocycles. The van der Waals surface area contributed by atoms with Crippen LogP contribution in [0.25, 0.3) is 11.0 Å². The van der Waals surface area contributed by atoms with Gasteiger partial charge in [-0.1, -0.05) is 24.3 Å². The summed E-state index contributed by atoms with van der Waals surface area (Å²) in [6.45, 7) is 3.16. The fraction of sp³-hybridized carbons (Fsp3) is 0.214. The highest BCUT2D eigenvalue weighted by Crippen LogP contribution is 2.35. The molecule has 1 amide bonds. The monoisotopic (exact) mass is 544 g/mol. The number of rotatable bonds is 6. The Labute approximate surface area is 225 Å². The highest BCUT2D eigenvalue weighted by atomic mass is 32.2. The van der Waals surface area contributed by atoms with Gasteiger partial charge in [0, 0.05) is 38.8 Å². The Morgan fingerprint density at radius 2 is 1.51 bits per heavy atom. The van der Waals surface area contributed by atoms with Gasteiger partial charge in [0.25, 0.3) is 0 Å². The van der Waals surface area contributed by atoms with E-state index in [0.717, 1.165) is 0 Å².